The van der Waals surface area contributed by atoms with Crippen molar-refractivity contribution in [3.63, 3.8) is 0 Å². The fraction of sp³-hybridized carbons (Fsp3) is 0.462. The lowest BCUT2D eigenvalue weighted by Crippen LogP contribution is -2.03. The van der Waals surface area contributed by atoms with E-state index in [-0.39, 0.29) is 23.6 Å². The van der Waals surface area contributed by atoms with E-state index in [2.05, 4.69) is 0 Å². The lowest BCUT2D eigenvalue weighted by molar-refractivity contribution is -0.385. The minimum absolute atomic E-state index is 0.0591. The molecule has 1 aromatic rings. The van der Waals surface area contributed by atoms with Gasteiger partial charge in [0.2, 0.25) is 0 Å². The van der Waals surface area contributed by atoms with Gasteiger partial charge in [0.05, 0.1) is 11.5 Å². The Morgan fingerprint density at radius 3 is 2.67 bits per heavy atom. The third-order valence-corrected chi connectivity index (χ3v) is 2.48. The second-order valence-corrected chi connectivity index (χ2v) is 3.98. The maximum absolute atomic E-state index is 11.4. The highest BCUT2D eigenvalue weighted by Crippen LogP contribution is 2.28. The van der Waals surface area contributed by atoms with Gasteiger partial charge in [-0.3, -0.25) is 14.9 Å². The van der Waals surface area contributed by atoms with Crippen LogP contribution < -0.4 is 4.74 Å². The van der Waals surface area contributed by atoms with Crippen molar-refractivity contribution < 1.29 is 14.5 Å². The molecule has 0 N–H and O–H groups in total. The van der Waals surface area contributed by atoms with Crippen molar-refractivity contribution in [1.29, 1.82) is 0 Å². The van der Waals surface area contributed by atoms with Crippen LogP contribution in [0, 0.1) is 10.1 Å². The molecule has 0 spiro atoms. The van der Waals surface area contributed by atoms with Gasteiger partial charge in [0.15, 0.2) is 5.75 Å². The van der Waals surface area contributed by atoms with E-state index in [9.17, 15) is 14.9 Å². The number of Topliss-reactive ketones (excluding diaryl/α,β-unsaturated/α-hetero) is 1. The van der Waals surface area contributed by atoms with Crippen molar-refractivity contribution in [2.24, 2.45) is 0 Å². The lowest BCUT2D eigenvalue weighted by Gasteiger charge is -2.07. The molecule has 0 aromatic heterocycles. The highest BCUT2D eigenvalue weighted by Gasteiger charge is 2.16. The number of hydrogen-bond acceptors (Lipinski definition) is 4. The molecule has 98 valence electrons. The van der Waals surface area contributed by atoms with Crippen LogP contribution in [-0.4, -0.2) is 17.3 Å². The summed E-state index contributed by atoms with van der Waals surface area (Å²) in [7, 11) is 0. The number of nitrogens with zero attached hydrogens (tertiary/aromatic N) is 1. The summed E-state index contributed by atoms with van der Waals surface area (Å²) >= 11 is 0. The maximum Gasteiger partial charge on any atom is 0.310 e. The van der Waals surface area contributed by atoms with Crippen LogP contribution in [0.1, 0.15) is 32.3 Å². The van der Waals surface area contributed by atoms with Crippen LogP contribution in [0.2, 0.25) is 0 Å². The van der Waals surface area contributed by atoms with Crippen LogP contribution in [0.25, 0.3) is 0 Å². The first-order valence-electron chi connectivity index (χ1n) is 6.00. The lowest BCUT2D eigenvalue weighted by atomic mass is 10.1. The number of benzene rings is 1. The Balaban J connectivity index is 2.96. The molecule has 1 aromatic carbocycles. The summed E-state index contributed by atoms with van der Waals surface area (Å²) in [6, 6.07) is 4.58. The van der Waals surface area contributed by atoms with Crippen molar-refractivity contribution in [1.82, 2.24) is 0 Å². The van der Waals surface area contributed by atoms with E-state index < -0.39 is 4.92 Å². The van der Waals surface area contributed by atoms with Gasteiger partial charge >= 0.3 is 5.69 Å². The molecule has 0 saturated carbocycles. The molecule has 0 bridgehead atoms. The summed E-state index contributed by atoms with van der Waals surface area (Å²) in [6.45, 7) is 4.14. The molecule has 0 fully saturated rings. The first kappa shape index (κ1) is 14.2. The number of ketones is 1. The summed E-state index contributed by atoms with van der Waals surface area (Å²) in [5.41, 5.74) is 0.690. The summed E-state index contributed by atoms with van der Waals surface area (Å²) in [5, 5.41) is 10.8. The SMILES string of the molecule is CCCOc1cc(CC(=O)CC)ccc1[N+](=O)[O-]. The highest BCUT2D eigenvalue weighted by molar-refractivity contribution is 5.80. The van der Waals surface area contributed by atoms with Gasteiger partial charge in [0.25, 0.3) is 0 Å². The van der Waals surface area contributed by atoms with Gasteiger partial charge < -0.3 is 4.74 Å². The second-order valence-electron chi connectivity index (χ2n) is 3.98. The van der Waals surface area contributed by atoms with Crippen LogP contribution in [0.4, 0.5) is 5.69 Å². The highest BCUT2D eigenvalue weighted by atomic mass is 16.6. The van der Waals surface area contributed by atoms with Gasteiger partial charge in [0, 0.05) is 18.9 Å². The molecule has 0 heterocycles. The Bertz CT molecular complexity index is 443. The predicted octanol–water partition coefficient (Wildman–Crippen LogP) is 2.91. The summed E-state index contributed by atoms with van der Waals surface area (Å²) in [4.78, 5) is 21.7. The van der Waals surface area contributed by atoms with Crippen LogP contribution >= 0.6 is 0 Å². The van der Waals surface area contributed by atoms with Gasteiger partial charge in [-0.2, -0.15) is 0 Å². The maximum atomic E-state index is 11.4. The fourth-order valence-corrected chi connectivity index (χ4v) is 1.50. The molecule has 18 heavy (non-hydrogen) atoms. The van der Waals surface area contributed by atoms with Crippen LogP contribution in [0.5, 0.6) is 5.75 Å². The molecule has 0 radical (unpaired) electrons. The first-order valence-corrected chi connectivity index (χ1v) is 6.00. The zero-order valence-electron chi connectivity index (χ0n) is 10.6. The van der Waals surface area contributed by atoms with E-state index >= 15 is 0 Å². The third kappa shape index (κ3) is 3.84. The van der Waals surface area contributed by atoms with Crippen molar-refractivity contribution in [2.45, 2.75) is 33.1 Å². The van der Waals surface area contributed by atoms with Crippen molar-refractivity contribution in [3.05, 3.63) is 33.9 Å². The zero-order chi connectivity index (χ0) is 13.5. The molecule has 0 aliphatic heterocycles. The average molecular weight is 251 g/mol. The first-order chi connectivity index (χ1) is 8.58. The number of nitro groups is 1. The molecular weight excluding hydrogens is 234 g/mol. The molecule has 0 saturated heterocycles. The smallest absolute Gasteiger partial charge is 0.310 e. The molecule has 0 amide bonds. The van der Waals surface area contributed by atoms with E-state index in [1.54, 1.807) is 19.1 Å². The minimum Gasteiger partial charge on any atom is -0.487 e. The number of carbonyl (C=O) groups excluding carboxylic acids is 1. The van der Waals surface area contributed by atoms with Gasteiger partial charge in [-0.15, -0.1) is 0 Å². The average Bonchev–Trinajstić information content (AvgIpc) is 2.36. The molecule has 0 aliphatic rings. The van der Waals surface area contributed by atoms with E-state index in [1.807, 2.05) is 6.92 Å². The van der Waals surface area contributed by atoms with E-state index in [0.717, 1.165) is 12.0 Å². The van der Waals surface area contributed by atoms with Crippen LogP contribution in [0.15, 0.2) is 18.2 Å². The van der Waals surface area contributed by atoms with E-state index in [1.165, 1.54) is 6.07 Å². The molecule has 5 nitrogen and oxygen atoms in total. The molecule has 0 atom stereocenters. The Kier molecular flexibility index (Phi) is 5.30. The van der Waals surface area contributed by atoms with E-state index in [0.29, 0.717) is 13.0 Å². The van der Waals surface area contributed by atoms with Crippen LogP contribution in [0.3, 0.4) is 0 Å². The normalized spacial score (nSPS) is 10.1. The van der Waals surface area contributed by atoms with Gasteiger partial charge in [0.1, 0.15) is 5.78 Å². The minimum atomic E-state index is -0.476. The zero-order valence-corrected chi connectivity index (χ0v) is 10.6. The third-order valence-electron chi connectivity index (χ3n) is 2.48. The van der Waals surface area contributed by atoms with Crippen molar-refractivity contribution >= 4 is 11.5 Å². The Morgan fingerprint density at radius 2 is 2.11 bits per heavy atom. The molecule has 5 heteroatoms. The molecule has 0 aliphatic carbocycles. The predicted molar refractivity (Wildman–Crippen MR) is 67.9 cm³/mol. The number of carbonyl (C=O) groups is 1. The standard InChI is InChI=1S/C13H17NO4/c1-3-7-18-13-9-10(8-11(15)4-2)5-6-12(13)14(16)17/h5-6,9H,3-4,7-8H2,1-2H3. The molecule has 0 unspecified atom stereocenters. The Hall–Kier alpha value is -1.91. The molecular formula is C13H17NO4. The topological polar surface area (TPSA) is 69.4 Å². The Morgan fingerprint density at radius 1 is 1.39 bits per heavy atom. The van der Waals surface area contributed by atoms with Crippen molar-refractivity contribution in [3.8, 4) is 5.75 Å². The number of nitro benzene ring substituents is 1. The summed E-state index contributed by atoms with van der Waals surface area (Å²) in [5.74, 6) is 0.341. The number of hydrogen-bond donors (Lipinski definition) is 0. The summed E-state index contributed by atoms with van der Waals surface area (Å²) in [6.07, 6.45) is 1.52. The van der Waals surface area contributed by atoms with Crippen molar-refractivity contribution in [2.75, 3.05) is 6.61 Å². The molecule has 1 rings (SSSR count). The monoisotopic (exact) mass is 251 g/mol. The number of ether oxygens (including phenoxy) is 1. The number of rotatable bonds is 7. The largest absolute Gasteiger partial charge is 0.487 e. The van der Waals surface area contributed by atoms with Crippen LogP contribution in [-0.2, 0) is 11.2 Å². The summed E-state index contributed by atoms with van der Waals surface area (Å²) < 4.78 is 5.35. The van der Waals surface area contributed by atoms with Gasteiger partial charge in [-0.25, -0.2) is 0 Å². The fourth-order valence-electron chi connectivity index (χ4n) is 1.50. The quantitative estimate of drug-likeness (QED) is 0.552. The second kappa shape index (κ2) is 6.74. The van der Waals surface area contributed by atoms with E-state index in [4.69, 9.17) is 4.74 Å². The Labute approximate surface area is 106 Å². The van der Waals surface area contributed by atoms with Gasteiger partial charge in [-0.05, 0) is 18.1 Å². The van der Waals surface area contributed by atoms with Gasteiger partial charge in [-0.1, -0.05) is 19.9 Å².